The van der Waals surface area contributed by atoms with Gasteiger partial charge >= 0.3 is 89.4 Å². The zero-order valence-corrected chi connectivity index (χ0v) is 12.0. The van der Waals surface area contributed by atoms with E-state index in [0.29, 0.717) is 0 Å². The molecule has 1 rings (SSSR count). The van der Waals surface area contributed by atoms with Crippen molar-refractivity contribution in [3.05, 3.63) is 0 Å². The Labute approximate surface area is 89.0 Å². The van der Waals surface area contributed by atoms with E-state index in [1.54, 1.807) is 0 Å². The first kappa shape index (κ1) is 9.85. The molecule has 0 amide bonds. The van der Waals surface area contributed by atoms with Gasteiger partial charge in [0.25, 0.3) is 0 Å². The minimum absolute atomic E-state index is 0.725. The van der Waals surface area contributed by atoms with Gasteiger partial charge in [-0.15, -0.1) is 0 Å². The average Bonchev–Trinajstić information content (AvgIpc) is 2.05. The van der Waals surface area contributed by atoms with E-state index < -0.39 is 47.6 Å². The van der Waals surface area contributed by atoms with Crippen molar-refractivity contribution in [3.63, 3.8) is 0 Å². The van der Waals surface area contributed by atoms with Gasteiger partial charge in [0.1, 0.15) is 0 Å². The van der Waals surface area contributed by atoms with Crippen LogP contribution in [0.5, 0.6) is 0 Å². The van der Waals surface area contributed by atoms with Gasteiger partial charge in [-0.1, -0.05) is 0 Å². The van der Waals surface area contributed by atoms with Crippen LogP contribution in [0.1, 0.15) is 0 Å². The van der Waals surface area contributed by atoms with Gasteiger partial charge in [-0.25, -0.2) is 0 Å². The monoisotopic (exact) mass is 342 g/mol. The molecule has 1 aliphatic rings. The van der Waals surface area contributed by atoms with Crippen LogP contribution in [-0.4, -0.2) is 65.7 Å². The molecule has 54 valence electrons. The van der Waals surface area contributed by atoms with Crippen molar-refractivity contribution in [2.24, 2.45) is 23.7 Å². The summed E-state index contributed by atoms with van der Waals surface area (Å²) in [4.78, 5) is 0. The van der Waals surface area contributed by atoms with E-state index in [-0.39, 0.29) is 0 Å². The molecule has 6 radical (unpaired) electrons. The van der Waals surface area contributed by atoms with Crippen LogP contribution in [0.4, 0.5) is 0 Å². The average molecular weight is 338 g/mol. The van der Waals surface area contributed by atoms with Gasteiger partial charge < -0.3 is 0 Å². The Bertz CT molecular complexity index is 245. The van der Waals surface area contributed by atoms with E-state index >= 15 is 0 Å². The second-order valence-electron chi connectivity index (χ2n) is 1.27. The number of rotatable bonds is 0. The Balaban J connectivity index is 2.69. The zero-order valence-electron chi connectivity index (χ0n) is 5.68. The predicted octanol–water partition coefficient (Wildman–Crippen LogP) is -0.876. The van der Waals surface area contributed by atoms with Gasteiger partial charge in [-0.05, 0) is 0 Å². The Morgan fingerprint density at radius 1 is 0.500 bits per heavy atom. The van der Waals surface area contributed by atoms with Gasteiger partial charge in [0.2, 0.25) is 0 Å². The summed E-state index contributed by atoms with van der Waals surface area (Å²) in [6, 6.07) is 7.57. The van der Waals surface area contributed by atoms with Crippen molar-refractivity contribution in [3.8, 4) is 0 Å². The SMILES string of the molecule is C1=[N][Ge][N]=C=[N][Ge][N]=C=[N][Ge][N]=1. The maximum absolute atomic E-state index is 3.85. The molecule has 0 fully saturated rings. The van der Waals surface area contributed by atoms with E-state index in [1.165, 1.54) is 0 Å². The Hall–Kier alpha value is -0.231. The van der Waals surface area contributed by atoms with Crippen molar-refractivity contribution >= 4 is 65.7 Å². The fourth-order valence-electron chi connectivity index (χ4n) is 0.284. The normalized spacial score (nSPS) is 16.0. The zero-order chi connectivity index (χ0) is 8.49. The van der Waals surface area contributed by atoms with E-state index in [9.17, 15) is 0 Å². The van der Waals surface area contributed by atoms with Gasteiger partial charge in [-0.3, -0.25) is 0 Å². The van der Waals surface area contributed by atoms with Crippen LogP contribution in [0.15, 0.2) is 23.7 Å². The molecule has 0 aromatic heterocycles. The first-order valence-electron chi connectivity index (χ1n) is 2.68. The van der Waals surface area contributed by atoms with Gasteiger partial charge in [0.15, 0.2) is 0 Å². The number of hydrogen-bond acceptors (Lipinski definition) is 6. The van der Waals surface area contributed by atoms with Crippen molar-refractivity contribution in [1.29, 1.82) is 0 Å². The second-order valence-corrected chi connectivity index (χ2v) is 5.34. The summed E-state index contributed by atoms with van der Waals surface area (Å²) >= 11 is -2.18. The summed E-state index contributed by atoms with van der Waals surface area (Å²) in [5.41, 5.74) is 0. The summed E-state index contributed by atoms with van der Waals surface area (Å²) in [6.45, 7) is 0. The first-order valence-corrected chi connectivity index (χ1v) is 8.31. The maximum atomic E-state index is 3.85. The molecule has 0 bridgehead atoms. The molecular weight excluding hydrogens is 338 g/mol. The Kier molecular flexibility index (Phi) is 6.09. The molecule has 0 N–H and O–H groups in total. The third-order valence-electron chi connectivity index (χ3n) is 0.600. The molecule has 0 spiro atoms. The predicted molar refractivity (Wildman–Crippen MR) is 46.9 cm³/mol. The van der Waals surface area contributed by atoms with Crippen molar-refractivity contribution < 1.29 is 0 Å². The molecule has 0 aromatic carbocycles. The van der Waals surface area contributed by atoms with Crippen molar-refractivity contribution in [1.82, 2.24) is 0 Å². The molecule has 12 heavy (non-hydrogen) atoms. The topological polar surface area (TPSA) is 74.2 Å². The van der Waals surface area contributed by atoms with E-state index in [1.807, 2.05) is 0 Å². The Morgan fingerprint density at radius 2 is 0.750 bits per heavy atom. The molecule has 0 saturated heterocycles. The second kappa shape index (κ2) is 7.42. The molecule has 0 aliphatic carbocycles. The quantitative estimate of drug-likeness (QED) is 0.515. The molecule has 0 unspecified atom stereocenters. The molecule has 6 nitrogen and oxygen atoms in total. The third kappa shape index (κ3) is 5.42. The fraction of sp³-hybridized carbons (Fsp3) is 0. The van der Waals surface area contributed by atoms with Crippen molar-refractivity contribution in [2.75, 3.05) is 0 Å². The molecule has 0 saturated carbocycles. The molecule has 1 aliphatic heterocycles. The van der Waals surface area contributed by atoms with E-state index in [4.69, 9.17) is 0 Å². The van der Waals surface area contributed by atoms with Gasteiger partial charge in [-0.2, -0.15) is 0 Å². The summed E-state index contributed by atoms with van der Waals surface area (Å²) in [7, 11) is 0. The standard InChI is InChI=1S/C3Ge3N6/c1-7-4-9-2-11-6-12-3-10-5-8-1. The van der Waals surface area contributed by atoms with Crippen molar-refractivity contribution in [2.45, 2.75) is 0 Å². The van der Waals surface area contributed by atoms with Gasteiger partial charge in [0.05, 0.1) is 0 Å². The van der Waals surface area contributed by atoms with Crippen LogP contribution in [-0.2, 0) is 0 Å². The summed E-state index contributed by atoms with van der Waals surface area (Å²) in [5.74, 6) is 0. The number of hydrogen-bond donors (Lipinski definition) is 0. The van der Waals surface area contributed by atoms with Crippen LogP contribution in [0.3, 0.4) is 0 Å². The van der Waals surface area contributed by atoms with E-state index in [2.05, 4.69) is 41.7 Å². The summed E-state index contributed by atoms with van der Waals surface area (Å²) in [5, 5.41) is 0. The summed E-state index contributed by atoms with van der Waals surface area (Å²) in [6.07, 6.45) is 0. The van der Waals surface area contributed by atoms with Gasteiger partial charge in [0, 0.05) is 0 Å². The molecular formula is C3Ge3N6. The third-order valence-corrected chi connectivity index (χ3v) is 3.12. The van der Waals surface area contributed by atoms with Crippen LogP contribution in [0.25, 0.3) is 0 Å². The molecule has 1 heterocycles. The molecule has 0 atom stereocenters. The number of nitrogens with zero attached hydrogens (tertiary/aromatic N) is 6. The van der Waals surface area contributed by atoms with Crippen LogP contribution in [0.2, 0.25) is 0 Å². The van der Waals surface area contributed by atoms with Crippen LogP contribution < -0.4 is 0 Å². The minimum atomic E-state index is -0.725. The first-order chi connectivity index (χ1) is 6.00. The Morgan fingerprint density at radius 3 is 1.00 bits per heavy atom. The summed E-state index contributed by atoms with van der Waals surface area (Å²) < 4.78 is 23.1. The van der Waals surface area contributed by atoms with Crippen LogP contribution >= 0.6 is 0 Å². The molecule has 0 aromatic rings. The molecule has 9 heteroatoms. The van der Waals surface area contributed by atoms with Crippen LogP contribution in [0, 0.1) is 0 Å². The van der Waals surface area contributed by atoms with E-state index in [0.717, 1.165) is 0 Å². The fourth-order valence-corrected chi connectivity index (χ4v) is 3.11.